The fourth-order valence-electron chi connectivity index (χ4n) is 4.97. The van der Waals surface area contributed by atoms with Crippen LogP contribution in [0.4, 0.5) is 0 Å². The number of carbonyl (C=O) groups is 1. The highest BCUT2D eigenvalue weighted by atomic mass is 16.3. The van der Waals surface area contributed by atoms with Gasteiger partial charge in [0.05, 0.1) is 22.9 Å². The van der Waals surface area contributed by atoms with E-state index in [4.69, 9.17) is 9.40 Å². The molecule has 2 aromatic heterocycles. The quantitative estimate of drug-likeness (QED) is 0.653. The normalized spacial score (nSPS) is 18.7. The van der Waals surface area contributed by atoms with E-state index in [1.807, 2.05) is 18.2 Å². The molecule has 5 rings (SSSR count). The Hall–Kier alpha value is -2.60. The molecule has 3 heterocycles. The predicted octanol–water partition coefficient (Wildman–Crippen LogP) is 4.53. The molecular weight excluding hydrogens is 376 g/mol. The lowest BCUT2D eigenvalue weighted by Crippen LogP contribution is -2.35. The number of amides is 1. The number of aromatic nitrogens is 2. The lowest BCUT2D eigenvalue weighted by atomic mass is 9.95. The van der Waals surface area contributed by atoms with Crippen molar-refractivity contribution in [2.45, 2.75) is 51.0 Å². The van der Waals surface area contributed by atoms with Gasteiger partial charge >= 0.3 is 0 Å². The van der Waals surface area contributed by atoms with Crippen molar-refractivity contribution in [3.8, 4) is 11.4 Å². The highest BCUT2D eigenvalue weighted by molar-refractivity contribution is 5.97. The van der Waals surface area contributed by atoms with E-state index in [-0.39, 0.29) is 5.91 Å². The summed E-state index contributed by atoms with van der Waals surface area (Å²) in [7, 11) is 0. The second kappa shape index (κ2) is 8.64. The van der Waals surface area contributed by atoms with E-state index >= 15 is 0 Å². The van der Waals surface area contributed by atoms with E-state index in [1.54, 1.807) is 12.5 Å². The van der Waals surface area contributed by atoms with Gasteiger partial charge in [-0.15, -0.1) is 0 Å². The maximum atomic E-state index is 12.8. The van der Waals surface area contributed by atoms with E-state index in [2.05, 4.69) is 21.3 Å². The smallest absolute Gasteiger partial charge is 0.251 e. The lowest BCUT2D eigenvalue weighted by molar-refractivity contribution is 0.0944. The molecule has 158 valence electrons. The lowest BCUT2D eigenvalue weighted by Gasteiger charge is -2.25. The van der Waals surface area contributed by atoms with Gasteiger partial charge in [0.2, 0.25) is 0 Å². The number of hydrogen-bond acceptors (Lipinski definition) is 4. The van der Waals surface area contributed by atoms with Crippen LogP contribution in [0.2, 0.25) is 0 Å². The third-order valence-electron chi connectivity index (χ3n) is 6.68. The number of imidazole rings is 1. The molecule has 0 spiro atoms. The Morgan fingerprint density at radius 1 is 1.13 bits per heavy atom. The Bertz CT molecular complexity index is 996. The first-order valence-electron chi connectivity index (χ1n) is 11.3. The van der Waals surface area contributed by atoms with Crippen LogP contribution in [0.5, 0.6) is 0 Å². The van der Waals surface area contributed by atoms with Crippen molar-refractivity contribution in [2.75, 3.05) is 19.6 Å². The van der Waals surface area contributed by atoms with Crippen LogP contribution in [0.15, 0.2) is 41.2 Å². The second-order valence-electron chi connectivity index (χ2n) is 8.72. The van der Waals surface area contributed by atoms with Gasteiger partial charge in [0.25, 0.3) is 5.91 Å². The van der Waals surface area contributed by atoms with Crippen molar-refractivity contribution >= 4 is 16.9 Å². The molecule has 2 fully saturated rings. The number of benzene rings is 1. The monoisotopic (exact) mass is 406 g/mol. The van der Waals surface area contributed by atoms with Gasteiger partial charge in [0.1, 0.15) is 12.1 Å². The minimum absolute atomic E-state index is 0.00694. The molecule has 1 amide bonds. The van der Waals surface area contributed by atoms with Gasteiger partial charge in [-0.25, -0.2) is 4.98 Å². The highest BCUT2D eigenvalue weighted by Gasteiger charge is 2.23. The number of rotatable bonds is 5. The number of piperidine rings is 1. The zero-order valence-electron chi connectivity index (χ0n) is 17.4. The third kappa shape index (κ3) is 3.88. The molecule has 2 aliphatic rings. The van der Waals surface area contributed by atoms with Crippen LogP contribution in [-0.4, -0.2) is 35.1 Å². The largest absolute Gasteiger partial charge is 0.472 e. The molecule has 6 nitrogen and oxygen atoms in total. The van der Waals surface area contributed by atoms with Crippen LogP contribution in [0.3, 0.4) is 0 Å². The average molecular weight is 407 g/mol. The molecule has 1 aromatic carbocycles. The van der Waals surface area contributed by atoms with Crippen molar-refractivity contribution in [1.29, 1.82) is 0 Å². The van der Waals surface area contributed by atoms with E-state index in [0.29, 0.717) is 17.5 Å². The first-order chi connectivity index (χ1) is 14.8. The summed E-state index contributed by atoms with van der Waals surface area (Å²) in [6.07, 6.45) is 11.9. The molecule has 3 aromatic rings. The number of fused-ring (bicyclic) bond motifs is 1. The molecular formula is C24H30N4O2. The Kier molecular flexibility index (Phi) is 5.58. The van der Waals surface area contributed by atoms with Crippen molar-refractivity contribution < 1.29 is 9.21 Å². The minimum Gasteiger partial charge on any atom is -0.472 e. The van der Waals surface area contributed by atoms with Gasteiger partial charge in [-0.3, -0.25) is 4.79 Å². The molecule has 1 saturated heterocycles. The summed E-state index contributed by atoms with van der Waals surface area (Å²) in [5.41, 5.74) is 3.66. The van der Waals surface area contributed by atoms with Gasteiger partial charge in [-0.05, 0) is 69.0 Å². The zero-order valence-corrected chi connectivity index (χ0v) is 17.4. The van der Waals surface area contributed by atoms with Crippen LogP contribution >= 0.6 is 0 Å². The molecule has 1 aliphatic carbocycles. The van der Waals surface area contributed by atoms with Crippen LogP contribution < -0.4 is 10.6 Å². The summed E-state index contributed by atoms with van der Waals surface area (Å²) >= 11 is 0. The molecule has 0 radical (unpaired) electrons. The van der Waals surface area contributed by atoms with E-state index in [9.17, 15) is 4.79 Å². The highest BCUT2D eigenvalue weighted by Crippen LogP contribution is 2.36. The number of hydrogen-bond donors (Lipinski definition) is 2. The molecule has 0 atom stereocenters. The summed E-state index contributed by atoms with van der Waals surface area (Å²) < 4.78 is 7.71. The fourth-order valence-corrected chi connectivity index (χ4v) is 4.97. The second-order valence-corrected chi connectivity index (χ2v) is 8.72. The first-order valence-corrected chi connectivity index (χ1v) is 11.3. The topological polar surface area (TPSA) is 72.1 Å². The molecule has 30 heavy (non-hydrogen) atoms. The van der Waals surface area contributed by atoms with Crippen molar-refractivity contribution in [3.05, 3.63) is 42.4 Å². The Balaban J connectivity index is 1.43. The van der Waals surface area contributed by atoms with Gasteiger partial charge in [-0.1, -0.05) is 19.3 Å². The SMILES string of the molecule is O=C(NCC1CCNCC1)c1ccc2c(c1)nc(-c1ccoc1)n2C1CCCCC1. The van der Waals surface area contributed by atoms with E-state index < -0.39 is 0 Å². The summed E-state index contributed by atoms with van der Waals surface area (Å²) in [6.45, 7) is 2.83. The molecule has 6 heteroatoms. The minimum atomic E-state index is -0.00694. The number of nitrogens with zero attached hydrogens (tertiary/aromatic N) is 2. The summed E-state index contributed by atoms with van der Waals surface area (Å²) in [6, 6.07) is 8.37. The zero-order chi connectivity index (χ0) is 20.3. The van der Waals surface area contributed by atoms with E-state index in [0.717, 1.165) is 54.9 Å². The molecule has 2 N–H and O–H groups in total. The average Bonchev–Trinajstić information content (AvgIpc) is 3.46. The summed E-state index contributed by atoms with van der Waals surface area (Å²) in [5.74, 6) is 1.50. The van der Waals surface area contributed by atoms with Gasteiger partial charge in [0, 0.05) is 18.2 Å². The molecule has 1 saturated carbocycles. The molecule has 1 aliphatic heterocycles. The molecule has 0 unspecified atom stereocenters. The number of nitrogens with one attached hydrogen (secondary N) is 2. The first kappa shape index (κ1) is 19.4. The summed E-state index contributed by atoms with van der Waals surface area (Å²) in [5, 5.41) is 6.50. The standard InChI is InChI=1S/C24H30N4O2/c29-24(26-15-17-8-11-25-12-9-17)18-6-7-22-21(14-18)27-23(19-10-13-30-16-19)28(22)20-4-2-1-3-5-20/h6-7,10,13-14,16-17,20,25H,1-5,8-9,11-12,15H2,(H,26,29). The Morgan fingerprint density at radius 2 is 1.97 bits per heavy atom. The van der Waals surface area contributed by atoms with Crippen LogP contribution in [0.1, 0.15) is 61.3 Å². The summed E-state index contributed by atoms with van der Waals surface area (Å²) in [4.78, 5) is 17.7. The maximum Gasteiger partial charge on any atom is 0.251 e. The van der Waals surface area contributed by atoms with Crippen LogP contribution in [0, 0.1) is 5.92 Å². The van der Waals surface area contributed by atoms with Crippen LogP contribution in [-0.2, 0) is 0 Å². The van der Waals surface area contributed by atoms with Gasteiger partial charge in [-0.2, -0.15) is 0 Å². The predicted molar refractivity (Wildman–Crippen MR) is 117 cm³/mol. The van der Waals surface area contributed by atoms with Gasteiger partial charge in [0.15, 0.2) is 0 Å². The number of carbonyl (C=O) groups excluding carboxylic acids is 1. The van der Waals surface area contributed by atoms with E-state index in [1.165, 1.54) is 32.1 Å². The van der Waals surface area contributed by atoms with Crippen molar-refractivity contribution in [1.82, 2.24) is 20.2 Å². The number of furan rings is 1. The van der Waals surface area contributed by atoms with Gasteiger partial charge < -0.3 is 19.6 Å². The van der Waals surface area contributed by atoms with Crippen molar-refractivity contribution in [3.63, 3.8) is 0 Å². The third-order valence-corrected chi connectivity index (χ3v) is 6.68. The fraction of sp³-hybridized carbons (Fsp3) is 0.500. The molecule has 0 bridgehead atoms. The van der Waals surface area contributed by atoms with Crippen LogP contribution in [0.25, 0.3) is 22.4 Å². The Morgan fingerprint density at radius 3 is 2.73 bits per heavy atom. The van der Waals surface area contributed by atoms with Crippen molar-refractivity contribution in [2.24, 2.45) is 5.92 Å². The maximum absolute atomic E-state index is 12.8. The Labute approximate surface area is 177 Å².